The van der Waals surface area contributed by atoms with Crippen molar-refractivity contribution in [3.63, 3.8) is 0 Å². The zero-order valence-corrected chi connectivity index (χ0v) is 13.5. The molecule has 0 bridgehead atoms. The predicted molar refractivity (Wildman–Crippen MR) is 83.0 cm³/mol. The number of hydrogen-bond acceptors (Lipinski definition) is 7. The molecule has 2 aromatic heterocycles. The lowest BCUT2D eigenvalue weighted by Gasteiger charge is -2.22. The molecule has 1 aliphatic rings. The second-order valence-electron chi connectivity index (χ2n) is 5.63. The number of methoxy groups -OCH3 is 1. The van der Waals surface area contributed by atoms with E-state index in [2.05, 4.69) is 20.0 Å². The Balaban J connectivity index is 1.61. The minimum absolute atomic E-state index is 0.204. The van der Waals surface area contributed by atoms with Crippen LogP contribution in [0.5, 0.6) is 5.75 Å². The molecular weight excluding hydrogens is 296 g/mol. The molecule has 124 valence electrons. The number of likely N-dealkylation sites (tertiary alicyclic amines) is 1. The minimum Gasteiger partial charge on any atom is -0.490 e. The van der Waals surface area contributed by atoms with E-state index in [0.29, 0.717) is 24.9 Å². The van der Waals surface area contributed by atoms with Gasteiger partial charge in [-0.3, -0.25) is 9.88 Å². The summed E-state index contributed by atoms with van der Waals surface area (Å²) in [5.74, 6) is 2.16. The fourth-order valence-corrected chi connectivity index (χ4v) is 2.78. The second-order valence-corrected chi connectivity index (χ2v) is 5.63. The van der Waals surface area contributed by atoms with E-state index in [1.165, 1.54) is 0 Å². The van der Waals surface area contributed by atoms with Gasteiger partial charge in [0, 0.05) is 32.3 Å². The first-order valence-corrected chi connectivity index (χ1v) is 7.89. The molecule has 0 aromatic carbocycles. The van der Waals surface area contributed by atoms with Crippen molar-refractivity contribution < 1.29 is 14.0 Å². The smallest absolute Gasteiger partial charge is 0.226 e. The van der Waals surface area contributed by atoms with Crippen molar-refractivity contribution in [3.8, 4) is 5.75 Å². The van der Waals surface area contributed by atoms with Crippen molar-refractivity contribution in [2.24, 2.45) is 0 Å². The Kier molecular flexibility index (Phi) is 5.19. The van der Waals surface area contributed by atoms with Crippen LogP contribution in [0.1, 0.15) is 25.1 Å². The van der Waals surface area contributed by atoms with Crippen LogP contribution in [-0.4, -0.2) is 52.4 Å². The molecule has 1 aliphatic heterocycles. The van der Waals surface area contributed by atoms with Gasteiger partial charge in [0.1, 0.15) is 12.4 Å². The van der Waals surface area contributed by atoms with E-state index in [0.717, 1.165) is 25.1 Å². The van der Waals surface area contributed by atoms with Crippen molar-refractivity contribution in [2.45, 2.75) is 38.5 Å². The summed E-state index contributed by atoms with van der Waals surface area (Å²) in [6.07, 6.45) is 5.34. The third-order valence-electron chi connectivity index (χ3n) is 4.06. The highest BCUT2D eigenvalue weighted by molar-refractivity contribution is 5.15. The highest BCUT2D eigenvalue weighted by atomic mass is 16.5. The van der Waals surface area contributed by atoms with E-state index in [1.807, 2.05) is 19.1 Å². The second kappa shape index (κ2) is 7.52. The van der Waals surface area contributed by atoms with Gasteiger partial charge in [0.15, 0.2) is 5.82 Å². The summed E-state index contributed by atoms with van der Waals surface area (Å²) >= 11 is 0. The molecule has 0 amide bonds. The van der Waals surface area contributed by atoms with Crippen LogP contribution < -0.4 is 4.74 Å². The number of nitrogens with zero attached hydrogens (tertiary/aromatic N) is 4. The Morgan fingerprint density at radius 1 is 1.43 bits per heavy atom. The van der Waals surface area contributed by atoms with Crippen LogP contribution in [0.25, 0.3) is 0 Å². The summed E-state index contributed by atoms with van der Waals surface area (Å²) in [5.41, 5.74) is 0. The molecule has 0 unspecified atom stereocenters. The molecule has 0 saturated carbocycles. The number of hydrogen-bond donors (Lipinski definition) is 0. The van der Waals surface area contributed by atoms with Crippen molar-refractivity contribution >= 4 is 0 Å². The van der Waals surface area contributed by atoms with Crippen LogP contribution in [-0.2, 0) is 17.7 Å². The molecule has 7 heteroatoms. The molecule has 2 aromatic rings. The van der Waals surface area contributed by atoms with Crippen LogP contribution in [0.3, 0.4) is 0 Å². The van der Waals surface area contributed by atoms with E-state index in [1.54, 1.807) is 19.5 Å². The Labute approximate surface area is 135 Å². The zero-order chi connectivity index (χ0) is 16.1. The molecule has 0 radical (unpaired) electrons. The predicted octanol–water partition coefficient (Wildman–Crippen LogP) is 1.70. The van der Waals surface area contributed by atoms with Gasteiger partial charge in [-0.15, -0.1) is 0 Å². The van der Waals surface area contributed by atoms with Gasteiger partial charge in [-0.05, 0) is 18.6 Å². The number of ether oxygens (including phenoxy) is 2. The summed E-state index contributed by atoms with van der Waals surface area (Å²) in [5, 5.41) is 4.03. The normalized spacial score (nSPS) is 21.7. The Bertz CT molecular complexity index is 604. The SMILES string of the molecule is CCc1nc(CN2C[C@H](OC)C[C@H]2COc2cccnc2)no1. The molecule has 0 spiro atoms. The maximum absolute atomic E-state index is 5.85. The lowest BCUT2D eigenvalue weighted by Crippen LogP contribution is -2.34. The highest BCUT2D eigenvalue weighted by Crippen LogP contribution is 2.23. The average Bonchev–Trinajstić information content (AvgIpc) is 3.21. The van der Waals surface area contributed by atoms with Gasteiger partial charge in [-0.25, -0.2) is 0 Å². The lowest BCUT2D eigenvalue weighted by molar-refractivity contribution is 0.106. The van der Waals surface area contributed by atoms with Gasteiger partial charge in [0.2, 0.25) is 5.89 Å². The quantitative estimate of drug-likeness (QED) is 0.769. The minimum atomic E-state index is 0.204. The Hall–Kier alpha value is -1.99. The summed E-state index contributed by atoms with van der Waals surface area (Å²) in [6, 6.07) is 4.03. The maximum Gasteiger partial charge on any atom is 0.226 e. The van der Waals surface area contributed by atoms with Crippen LogP contribution in [0.4, 0.5) is 0 Å². The first-order chi connectivity index (χ1) is 11.3. The fraction of sp³-hybridized carbons (Fsp3) is 0.562. The molecule has 3 heterocycles. The molecule has 1 fully saturated rings. The summed E-state index contributed by atoms with van der Waals surface area (Å²) in [6.45, 7) is 4.07. The van der Waals surface area contributed by atoms with E-state index in [9.17, 15) is 0 Å². The number of pyridine rings is 1. The molecular formula is C16H22N4O3. The summed E-state index contributed by atoms with van der Waals surface area (Å²) in [7, 11) is 1.75. The van der Waals surface area contributed by atoms with Crippen LogP contribution in [0.15, 0.2) is 29.0 Å². The monoisotopic (exact) mass is 318 g/mol. The first-order valence-electron chi connectivity index (χ1n) is 7.89. The Morgan fingerprint density at radius 3 is 3.04 bits per heavy atom. The number of rotatable bonds is 7. The van der Waals surface area contributed by atoms with Crippen LogP contribution >= 0.6 is 0 Å². The van der Waals surface area contributed by atoms with Gasteiger partial charge in [-0.2, -0.15) is 4.98 Å². The maximum atomic E-state index is 5.85. The third-order valence-corrected chi connectivity index (χ3v) is 4.06. The van der Waals surface area contributed by atoms with Gasteiger partial charge < -0.3 is 14.0 Å². The van der Waals surface area contributed by atoms with Crippen molar-refractivity contribution in [2.75, 3.05) is 20.3 Å². The van der Waals surface area contributed by atoms with Crippen LogP contribution in [0.2, 0.25) is 0 Å². The fourth-order valence-electron chi connectivity index (χ4n) is 2.78. The number of aryl methyl sites for hydroxylation is 1. The van der Waals surface area contributed by atoms with Gasteiger partial charge in [0.25, 0.3) is 0 Å². The summed E-state index contributed by atoms with van der Waals surface area (Å²) in [4.78, 5) is 10.7. The Morgan fingerprint density at radius 2 is 2.35 bits per heavy atom. The molecule has 7 nitrogen and oxygen atoms in total. The van der Waals surface area contributed by atoms with E-state index in [-0.39, 0.29) is 12.1 Å². The van der Waals surface area contributed by atoms with Crippen molar-refractivity contribution in [1.82, 2.24) is 20.0 Å². The lowest BCUT2D eigenvalue weighted by atomic mass is 10.2. The van der Waals surface area contributed by atoms with Gasteiger partial charge >= 0.3 is 0 Å². The average molecular weight is 318 g/mol. The van der Waals surface area contributed by atoms with E-state index < -0.39 is 0 Å². The van der Waals surface area contributed by atoms with E-state index in [4.69, 9.17) is 14.0 Å². The standard InChI is InChI=1S/C16H22N4O3/c1-3-16-18-15(19-23-16)10-20-9-14(21-2)7-12(20)11-22-13-5-4-6-17-8-13/h4-6,8,12,14H,3,7,9-11H2,1-2H3/t12-,14+/m0/s1. The third kappa shape index (κ3) is 4.05. The number of aromatic nitrogens is 3. The molecule has 1 saturated heterocycles. The van der Waals surface area contributed by atoms with Crippen LogP contribution in [0, 0.1) is 0 Å². The molecule has 23 heavy (non-hydrogen) atoms. The summed E-state index contributed by atoms with van der Waals surface area (Å²) < 4.78 is 16.6. The first kappa shape index (κ1) is 15.9. The molecule has 0 aliphatic carbocycles. The highest BCUT2D eigenvalue weighted by Gasteiger charge is 2.33. The van der Waals surface area contributed by atoms with Gasteiger partial charge in [0.05, 0.1) is 18.8 Å². The topological polar surface area (TPSA) is 73.5 Å². The molecule has 2 atom stereocenters. The molecule has 3 rings (SSSR count). The zero-order valence-electron chi connectivity index (χ0n) is 13.5. The largest absolute Gasteiger partial charge is 0.490 e. The van der Waals surface area contributed by atoms with Gasteiger partial charge in [-0.1, -0.05) is 12.1 Å². The van der Waals surface area contributed by atoms with Crippen molar-refractivity contribution in [3.05, 3.63) is 36.2 Å². The van der Waals surface area contributed by atoms with E-state index >= 15 is 0 Å². The molecule has 0 N–H and O–H groups in total. The van der Waals surface area contributed by atoms with Crippen molar-refractivity contribution in [1.29, 1.82) is 0 Å².